The monoisotopic (exact) mass is 506 g/mol. The van der Waals surface area contributed by atoms with Gasteiger partial charge in [0.2, 0.25) is 29.1 Å². The second-order valence-corrected chi connectivity index (χ2v) is 8.58. The lowest BCUT2D eigenvalue weighted by Gasteiger charge is -2.41. The summed E-state index contributed by atoms with van der Waals surface area (Å²) in [6, 6.07) is 0. The first kappa shape index (κ1) is 27.0. The lowest BCUT2D eigenvalue weighted by Crippen LogP contribution is -2.40. The maximum atomic E-state index is 13.6. The van der Waals surface area contributed by atoms with E-state index < -0.39 is 41.6 Å². The molecule has 7 nitrogen and oxygen atoms in total. The molecule has 12 heteroatoms. The minimum Gasteiger partial charge on any atom is -0.461 e. The van der Waals surface area contributed by atoms with Crippen LogP contribution in [0, 0.1) is 34.5 Å². The van der Waals surface area contributed by atoms with Gasteiger partial charge in [-0.25, -0.2) is 13.2 Å². The zero-order valence-corrected chi connectivity index (χ0v) is 19.0. The number of amides is 2. The highest BCUT2D eigenvalue weighted by Gasteiger charge is 2.38. The van der Waals surface area contributed by atoms with Crippen LogP contribution in [0.4, 0.5) is 22.0 Å². The standard InChI is InChI=1S/C23H27F5N2O5/c24-17-18(25)20(27)22(21(28)19(17)26)35-14-34-12-23(7-4-8-23)11-33-13-29-9-2-1-3-10-30-15(31)5-6-16(30)32/h5-6,29H,1-4,7-14H2. The molecule has 2 aliphatic rings. The number of nitrogens with zero attached hydrogens (tertiary/aromatic N) is 1. The Morgan fingerprint density at radius 1 is 0.829 bits per heavy atom. The average Bonchev–Trinajstić information content (AvgIpc) is 3.14. The third-order valence-electron chi connectivity index (χ3n) is 6.03. The Morgan fingerprint density at radius 2 is 1.43 bits per heavy atom. The minimum atomic E-state index is -2.25. The molecule has 0 aromatic heterocycles. The van der Waals surface area contributed by atoms with E-state index in [9.17, 15) is 31.5 Å². The van der Waals surface area contributed by atoms with Crippen molar-refractivity contribution in [1.29, 1.82) is 0 Å². The molecule has 1 aliphatic carbocycles. The third-order valence-corrected chi connectivity index (χ3v) is 6.03. The molecule has 1 N–H and O–H groups in total. The van der Waals surface area contributed by atoms with Crippen molar-refractivity contribution in [3.63, 3.8) is 0 Å². The van der Waals surface area contributed by atoms with Crippen LogP contribution in [0.25, 0.3) is 0 Å². The van der Waals surface area contributed by atoms with Gasteiger partial charge in [-0.1, -0.05) is 12.8 Å². The molecule has 194 valence electrons. The van der Waals surface area contributed by atoms with E-state index in [4.69, 9.17) is 9.47 Å². The van der Waals surface area contributed by atoms with Crippen LogP contribution in [0.1, 0.15) is 38.5 Å². The first-order chi connectivity index (χ1) is 16.8. The van der Waals surface area contributed by atoms with Crippen LogP contribution in [-0.4, -0.2) is 56.5 Å². The fraction of sp³-hybridized carbons (Fsp3) is 0.565. The van der Waals surface area contributed by atoms with Gasteiger partial charge in [0, 0.05) is 24.1 Å². The van der Waals surface area contributed by atoms with Crippen LogP contribution < -0.4 is 10.1 Å². The van der Waals surface area contributed by atoms with E-state index >= 15 is 0 Å². The molecule has 0 unspecified atom stereocenters. The predicted molar refractivity (Wildman–Crippen MR) is 112 cm³/mol. The van der Waals surface area contributed by atoms with Gasteiger partial charge in [0.15, 0.2) is 12.5 Å². The van der Waals surface area contributed by atoms with Crippen LogP contribution in [0.3, 0.4) is 0 Å². The number of benzene rings is 1. The summed E-state index contributed by atoms with van der Waals surface area (Å²) in [6.07, 6.45) is 7.49. The summed E-state index contributed by atoms with van der Waals surface area (Å²) in [5.74, 6) is -12.4. The maximum Gasteiger partial charge on any atom is 0.253 e. The Bertz CT molecular complexity index is 908. The van der Waals surface area contributed by atoms with E-state index in [-0.39, 0.29) is 23.8 Å². The van der Waals surface area contributed by atoms with Gasteiger partial charge >= 0.3 is 0 Å². The van der Waals surface area contributed by atoms with Crippen LogP contribution in [0.2, 0.25) is 0 Å². The van der Waals surface area contributed by atoms with Crippen LogP contribution in [-0.2, 0) is 19.1 Å². The van der Waals surface area contributed by atoms with Gasteiger partial charge in [0.25, 0.3) is 11.8 Å². The van der Waals surface area contributed by atoms with Crippen molar-refractivity contribution in [2.75, 3.05) is 39.8 Å². The number of carbonyl (C=O) groups excluding carboxylic acids is 2. The largest absolute Gasteiger partial charge is 0.461 e. The molecule has 1 aliphatic heterocycles. The second kappa shape index (κ2) is 12.4. The molecule has 2 amide bonds. The van der Waals surface area contributed by atoms with Gasteiger partial charge < -0.3 is 14.2 Å². The van der Waals surface area contributed by atoms with E-state index in [1.807, 2.05) is 0 Å². The molecule has 1 aromatic rings. The zero-order valence-electron chi connectivity index (χ0n) is 19.0. The van der Waals surface area contributed by atoms with Crippen LogP contribution in [0.5, 0.6) is 5.75 Å². The molecule has 0 atom stereocenters. The Kier molecular flexibility index (Phi) is 9.58. The summed E-state index contributed by atoms with van der Waals surface area (Å²) in [4.78, 5) is 24.1. The molecule has 0 spiro atoms. The molecule has 3 rings (SSSR count). The molecule has 0 bridgehead atoms. The van der Waals surface area contributed by atoms with Gasteiger partial charge in [-0.15, -0.1) is 0 Å². The van der Waals surface area contributed by atoms with Crippen molar-refractivity contribution in [3.05, 3.63) is 41.2 Å². The number of hydrogen-bond acceptors (Lipinski definition) is 6. The van der Waals surface area contributed by atoms with Crippen molar-refractivity contribution in [3.8, 4) is 5.75 Å². The Balaban J connectivity index is 1.26. The topological polar surface area (TPSA) is 77.1 Å². The molecule has 1 fully saturated rings. The normalized spacial score (nSPS) is 16.8. The average molecular weight is 506 g/mol. The summed E-state index contributed by atoms with van der Waals surface area (Å²) in [5, 5.41) is 3.14. The highest BCUT2D eigenvalue weighted by Crippen LogP contribution is 2.41. The number of hydrogen-bond donors (Lipinski definition) is 1. The Labute approximate surface area is 199 Å². The maximum absolute atomic E-state index is 13.6. The number of nitrogens with one attached hydrogen (secondary N) is 1. The second-order valence-electron chi connectivity index (χ2n) is 8.58. The molecule has 1 heterocycles. The number of imide groups is 1. The number of ether oxygens (including phenoxy) is 3. The fourth-order valence-corrected chi connectivity index (χ4v) is 3.84. The molecular weight excluding hydrogens is 479 g/mol. The summed E-state index contributed by atoms with van der Waals surface area (Å²) >= 11 is 0. The third kappa shape index (κ3) is 6.77. The van der Waals surface area contributed by atoms with E-state index in [1.165, 1.54) is 17.1 Å². The van der Waals surface area contributed by atoms with Gasteiger partial charge in [0.1, 0.15) is 0 Å². The van der Waals surface area contributed by atoms with Gasteiger partial charge in [0.05, 0.1) is 19.9 Å². The minimum absolute atomic E-state index is 0.144. The number of rotatable bonds is 15. The summed E-state index contributed by atoms with van der Waals surface area (Å²) < 4.78 is 82.4. The molecular formula is C23H27F5N2O5. The molecule has 1 aromatic carbocycles. The number of carbonyl (C=O) groups is 2. The van der Waals surface area contributed by atoms with E-state index in [0.717, 1.165) is 38.5 Å². The summed E-state index contributed by atoms with van der Waals surface area (Å²) in [7, 11) is 0. The SMILES string of the molecule is O=C1C=CC(=O)N1CCCCCNCOCC1(COCOc2c(F)c(F)c(F)c(F)c2F)CCC1. The Hall–Kier alpha value is -2.57. The van der Waals surface area contributed by atoms with Crippen molar-refractivity contribution in [2.24, 2.45) is 5.41 Å². The highest BCUT2D eigenvalue weighted by atomic mass is 19.2. The van der Waals surface area contributed by atoms with Crippen molar-refractivity contribution in [1.82, 2.24) is 10.2 Å². The van der Waals surface area contributed by atoms with Crippen LogP contribution in [0.15, 0.2) is 12.2 Å². The van der Waals surface area contributed by atoms with Gasteiger partial charge in [-0.2, -0.15) is 8.78 Å². The van der Waals surface area contributed by atoms with E-state index in [0.29, 0.717) is 26.4 Å². The molecule has 35 heavy (non-hydrogen) atoms. The quantitative estimate of drug-likeness (QED) is 0.0979. The lowest BCUT2D eigenvalue weighted by molar-refractivity contribution is -0.136. The van der Waals surface area contributed by atoms with Gasteiger partial charge in [-0.05, 0) is 32.2 Å². The first-order valence-electron chi connectivity index (χ1n) is 11.3. The zero-order chi connectivity index (χ0) is 25.4. The van der Waals surface area contributed by atoms with Crippen molar-refractivity contribution in [2.45, 2.75) is 38.5 Å². The molecule has 1 saturated carbocycles. The van der Waals surface area contributed by atoms with Gasteiger partial charge in [-0.3, -0.25) is 19.8 Å². The van der Waals surface area contributed by atoms with E-state index in [1.54, 1.807) is 0 Å². The van der Waals surface area contributed by atoms with Crippen molar-refractivity contribution >= 4 is 11.8 Å². The molecule has 0 radical (unpaired) electrons. The number of halogens is 5. The first-order valence-corrected chi connectivity index (χ1v) is 11.3. The summed E-state index contributed by atoms with van der Waals surface area (Å²) in [5.41, 5.74) is -0.301. The smallest absolute Gasteiger partial charge is 0.253 e. The Morgan fingerprint density at radius 3 is 2.03 bits per heavy atom. The highest BCUT2D eigenvalue weighted by molar-refractivity contribution is 6.12. The molecule has 0 saturated heterocycles. The fourth-order valence-electron chi connectivity index (χ4n) is 3.84. The van der Waals surface area contributed by atoms with Crippen molar-refractivity contribution < 1.29 is 45.8 Å². The van der Waals surface area contributed by atoms with E-state index in [2.05, 4.69) is 10.1 Å². The summed E-state index contributed by atoms with van der Waals surface area (Å²) in [6.45, 7) is 1.23. The predicted octanol–water partition coefficient (Wildman–Crippen LogP) is 3.56. The van der Waals surface area contributed by atoms with Crippen LogP contribution >= 0.6 is 0 Å². The lowest BCUT2D eigenvalue weighted by atomic mass is 9.70. The number of unbranched alkanes of at least 4 members (excludes halogenated alkanes) is 2.